The molecule has 0 unspecified atom stereocenters. The molecule has 1 N–H and O–H groups in total. The zero-order valence-corrected chi connectivity index (χ0v) is 5.22. The molecule has 0 saturated heterocycles. The first-order valence-electron chi connectivity index (χ1n) is 2.78. The third-order valence-corrected chi connectivity index (χ3v) is 1.15. The fourth-order valence-electron chi connectivity index (χ4n) is 0.670. The lowest BCUT2D eigenvalue weighted by molar-refractivity contribution is -0.311. The van der Waals surface area contributed by atoms with Crippen molar-refractivity contribution in [3.63, 3.8) is 0 Å². The van der Waals surface area contributed by atoms with Gasteiger partial charge in [0.1, 0.15) is 0 Å². The minimum Gasteiger partial charge on any atom is -0.860 e. The van der Waals surface area contributed by atoms with Crippen molar-refractivity contribution in [2.45, 2.75) is 0 Å². The van der Waals surface area contributed by atoms with Gasteiger partial charge in [-0.1, -0.05) is 24.3 Å². The molecule has 0 fully saturated rings. The van der Waals surface area contributed by atoms with Crippen molar-refractivity contribution < 1.29 is 5.11 Å². The molecule has 0 spiro atoms. The molecule has 2 nitrogen and oxygen atoms in total. The van der Waals surface area contributed by atoms with Gasteiger partial charge in [0.2, 0.25) is 0 Å². The van der Waals surface area contributed by atoms with Crippen LogP contribution >= 0.6 is 0 Å². The Morgan fingerprint density at radius 2 is 2.00 bits per heavy atom. The highest BCUT2D eigenvalue weighted by atomic mass is 16.3. The molecule has 48 valence electrons. The second-order valence-electron chi connectivity index (χ2n) is 1.75. The molecule has 1 aliphatic carbocycles. The highest BCUT2D eigenvalue weighted by Gasteiger charge is 1.90. The zero-order chi connectivity index (χ0) is 6.69. The summed E-state index contributed by atoms with van der Waals surface area (Å²) in [6.07, 6.45) is 7.23. The maximum Gasteiger partial charge on any atom is 0.00223 e. The van der Waals surface area contributed by atoms with Crippen molar-refractivity contribution in [3.05, 3.63) is 35.8 Å². The van der Waals surface area contributed by atoms with Gasteiger partial charge in [-0.3, -0.25) is 0 Å². The third kappa shape index (κ3) is 1.13. The highest BCUT2D eigenvalue weighted by molar-refractivity contribution is 5.40. The zero-order valence-electron chi connectivity index (χ0n) is 5.22. The molecule has 0 aromatic carbocycles. The summed E-state index contributed by atoms with van der Waals surface area (Å²) in [6.45, 7) is 0. The minimum atomic E-state index is -0.0278. The SMILES string of the molecule is CNC([O-])=C1C=CC=C1. The van der Waals surface area contributed by atoms with Crippen LogP contribution in [-0.2, 0) is 0 Å². The summed E-state index contributed by atoms with van der Waals surface area (Å²) in [4.78, 5) is 0. The maximum atomic E-state index is 10.8. The van der Waals surface area contributed by atoms with Crippen LogP contribution in [0.1, 0.15) is 0 Å². The second-order valence-corrected chi connectivity index (χ2v) is 1.75. The summed E-state index contributed by atoms with van der Waals surface area (Å²) in [5, 5.41) is 13.3. The molecule has 0 heterocycles. The summed E-state index contributed by atoms with van der Waals surface area (Å²) in [7, 11) is 1.62. The molecular formula is C7H8NO-. The molecule has 9 heavy (non-hydrogen) atoms. The topological polar surface area (TPSA) is 35.1 Å². The van der Waals surface area contributed by atoms with Crippen LogP contribution in [0.2, 0.25) is 0 Å². The fourth-order valence-corrected chi connectivity index (χ4v) is 0.670. The lowest BCUT2D eigenvalue weighted by Crippen LogP contribution is -2.20. The number of hydrogen-bond donors (Lipinski definition) is 1. The van der Waals surface area contributed by atoms with Gasteiger partial charge in [0.05, 0.1) is 0 Å². The van der Waals surface area contributed by atoms with Crippen LogP contribution in [0.3, 0.4) is 0 Å². The van der Waals surface area contributed by atoms with Gasteiger partial charge in [-0.05, 0) is 11.5 Å². The second kappa shape index (κ2) is 2.40. The van der Waals surface area contributed by atoms with E-state index in [-0.39, 0.29) is 5.88 Å². The van der Waals surface area contributed by atoms with E-state index < -0.39 is 0 Å². The Kier molecular flexibility index (Phi) is 1.58. The third-order valence-electron chi connectivity index (χ3n) is 1.15. The first-order chi connectivity index (χ1) is 4.34. The molecule has 0 amide bonds. The van der Waals surface area contributed by atoms with Crippen LogP contribution in [0.15, 0.2) is 35.8 Å². The monoisotopic (exact) mass is 122 g/mol. The average Bonchev–Trinajstić information content (AvgIpc) is 2.37. The predicted octanol–water partition coefficient (Wildman–Crippen LogP) is -0.0963. The van der Waals surface area contributed by atoms with E-state index in [1.54, 1.807) is 19.2 Å². The van der Waals surface area contributed by atoms with E-state index in [4.69, 9.17) is 0 Å². The van der Waals surface area contributed by atoms with Gasteiger partial charge in [0.25, 0.3) is 0 Å². The normalized spacial score (nSPS) is 14.6. The van der Waals surface area contributed by atoms with Crippen molar-refractivity contribution in [1.29, 1.82) is 0 Å². The predicted molar refractivity (Wildman–Crippen MR) is 34.4 cm³/mol. The standard InChI is InChI=1S/C7H9NO/c1-8-7(9)6-4-2-3-5-6/h2-5,8-9H,1H3/p-1. The van der Waals surface area contributed by atoms with Crippen LogP contribution in [0.4, 0.5) is 0 Å². The van der Waals surface area contributed by atoms with Crippen LogP contribution in [-0.4, -0.2) is 7.05 Å². The molecule has 0 bridgehead atoms. The summed E-state index contributed by atoms with van der Waals surface area (Å²) in [5.74, 6) is -0.0278. The lowest BCUT2D eigenvalue weighted by Gasteiger charge is -2.12. The first-order valence-corrected chi connectivity index (χ1v) is 2.78. The van der Waals surface area contributed by atoms with Crippen LogP contribution in [0, 0.1) is 0 Å². The van der Waals surface area contributed by atoms with Gasteiger partial charge < -0.3 is 10.4 Å². The fraction of sp³-hybridized carbons (Fsp3) is 0.143. The van der Waals surface area contributed by atoms with Crippen molar-refractivity contribution >= 4 is 0 Å². The van der Waals surface area contributed by atoms with Gasteiger partial charge in [-0.25, -0.2) is 0 Å². The van der Waals surface area contributed by atoms with Gasteiger partial charge in [-0.2, -0.15) is 0 Å². The van der Waals surface area contributed by atoms with Gasteiger partial charge in [-0.15, -0.1) is 0 Å². The molecule has 1 aliphatic rings. The molecule has 0 saturated carbocycles. The largest absolute Gasteiger partial charge is 0.860 e. The Hall–Kier alpha value is -1.18. The molecule has 0 radical (unpaired) electrons. The van der Waals surface area contributed by atoms with Crippen LogP contribution in [0.5, 0.6) is 0 Å². The van der Waals surface area contributed by atoms with E-state index in [1.807, 2.05) is 12.2 Å². The Morgan fingerprint density at radius 3 is 2.44 bits per heavy atom. The molecule has 1 rings (SSSR count). The molecule has 0 atom stereocenters. The van der Waals surface area contributed by atoms with E-state index in [0.29, 0.717) is 0 Å². The Labute approximate surface area is 54.2 Å². The quantitative estimate of drug-likeness (QED) is 0.493. The average molecular weight is 122 g/mol. The van der Waals surface area contributed by atoms with Crippen LogP contribution < -0.4 is 10.4 Å². The molecule has 0 aromatic rings. The van der Waals surface area contributed by atoms with Crippen LogP contribution in [0.25, 0.3) is 0 Å². The smallest absolute Gasteiger partial charge is 0.00223 e. The number of allylic oxidation sites excluding steroid dienone is 5. The van der Waals surface area contributed by atoms with Gasteiger partial charge >= 0.3 is 0 Å². The highest BCUT2D eigenvalue weighted by Crippen LogP contribution is 2.06. The van der Waals surface area contributed by atoms with E-state index in [0.717, 1.165) is 5.57 Å². The van der Waals surface area contributed by atoms with E-state index in [1.165, 1.54) is 0 Å². The lowest BCUT2D eigenvalue weighted by atomic mass is 10.3. The van der Waals surface area contributed by atoms with Crippen molar-refractivity contribution in [3.8, 4) is 0 Å². The summed E-state index contributed by atoms with van der Waals surface area (Å²) in [5.41, 5.74) is 0.720. The Balaban J connectivity index is 2.81. The minimum absolute atomic E-state index is 0.0278. The molecule has 0 aliphatic heterocycles. The van der Waals surface area contributed by atoms with Gasteiger partial charge in [0, 0.05) is 7.05 Å². The van der Waals surface area contributed by atoms with Crippen molar-refractivity contribution in [2.24, 2.45) is 0 Å². The number of rotatable bonds is 1. The van der Waals surface area contributed by atoms with E-state index >= 15 is 0 Å². The Morgan fingerprint density at radius 1 is 1.44 bits per heavy atom. The first kappa shape index (κ1) is 5.95. The van der Waals surface area contributed by atoms with Gasteiger partial charge in [0.15, 0.2) is 0 Å². The molecular weight excluding hydrogens is 114 g/mol. The van der Waals surface area contributed by atoms with E-state index in [2.05, 4.69) is 5.32 Å². The molecule has 0 aromatic heterocycles. The van der Waals surface area contributed by atoms with Crippen molar-refractivity contribution in [1.82, 2.24) is 5.32 Å². The number of nitrogens with one attached hydrogen (secondary N) is 1. The summed E-state index contributed by atoms with van der Waals surface area (Å²) in [6, 6.07) is 0. The Bertz CT molecular complexity index is 175. The van der Waals surface area contributed by atoms with E-state index in [9.17, 15) is 5.11 Å². The van der Waals surface area contributed by atoms with Crippen molar-refractivity contribution in [2.75, 3.05) is 7.05 Å². The summed E-state index contributed by atoms with van der Waals surface area (Å²) < 4.78 is 0. The maximum absolute atomic E-state index is 10.8. The summed E-state index contributed by atoms with van der Waals surface area (Å²) >= 11 is 0. The number of hydrogen-bond acceptors (Lipinski definition) is 2. The molecule has 2 heteroatoms.